The summed E-state index contributed by atoms with van der Waals surface area (Å²) < 4.78 is 5.69. The van der Waals surface area contributed by atoms with Crippen molar-refractivity contribution in [2.45, 2.75) is 32.2 Å². The molecule has 0 aliphatic heterocycles. The maximum absolute atomic E-state index is 11.3. The summed E-state index contributed by atoms with van der Waals surface area (Å²) in [5.41, 5.74) is 6.31. The second kappa shape index (κ2) is 9.34. The molecular formula is C15H24N2O3. The van der Waals surface area contributed by atoms with Crippen LogP contribution in [0, 0.1) is 0 Å². The molecule has 4 N–H and O–H groups in total. The smallest absolute Gasteiger partial charge is 0.234 e. The third-order valence-electron chi connectivity index (χ3n) is 3.00. The van der Waals surface area contributed by atoms with Crippen LogP contribution in [-0.4, -0.2) is 36.8 Å². The Morgan fingerprint density at radius 1 is 1.45 bits per heavy atom. The van der Waals surface area contributed by atoms with Crippen LogP contribution in [0.5, 0.6) is 5.75 Å². The van der Waals surface area contributed by atoms with Gasteiger partial charge in [0.05, 0.1) is 12.6 Å². The van der Waals surface area contributed by atoms with E-state index in [2.05, 4.69) is 5.32 Å². The molecule has 0 heterocycles. The molecule has 1 unspecified atom stereocenters. The van der Waals surface area contributed by atoms with E-state index in [1.165, 1.54) is 0 Å². The predicted molar refractivity (Wildman–Crippen MR) is 78.6 cm³/mol. The summed E-state index contributed by atoms with van der Waals surface area (Å²) in [6.45, 7) is 3.29. The largest absolute Gasteiger partial charge is 0.493 e. The number of carbonyl (C=O) groups is 1. The van der Waals surface area contributed by atoms with Crippen molar-refractivity contribution in [2.75, 3.05) is 19.8 Å². The SMILES string of the molecule is CCCNC(CCOc1ccccc1CCO)C(N)=O. The van der Waals surface area contributed by atoms with Gasteiger partial charge in [-0.3, -0.25) is 4.79 Å². The lowest BCUT2D eigenvalue weighted by atomic mass is 10.1. The predicted octanol–water partition coefficient (Wildman–Crippen LogP) is 0.844. The minimum atomic E-state index is -0.361. The molecule has 0 radical (unpaired) electrons. The van der Waals surface area contributed by atoms with Crippen molar-refractivity contribution in [1.29, 1.82) is 0 Å². The summed E-state index contributed by atoms with van der Waals surface area (Å²) in [6, 6.07) is 7.22. The zero-order valence-corrected chi connectivity index (χ0v) is 12.0. The number of para-hydroxylation sites is 1. The molecular weight excluding hydrogens is 256 g/mol. The van der Waals surface area contributed by atoms with Crippen LogP contribution in [0.25, 0.3) is 0 Å². The summed E-state index contributed by atoms with van der Waals surface area (Å²) in [4.78, 5) is 11.3. The van der Waals surface area contributed by atoms with Gasteiger partial charge >= 0.3 is 0 Å². The molecule has 0 fully saturated rings. The Morgan fingerprint density at radius 3 is 2.85 bits per heavy atom. The Balaban J connectivity index is 2.47. The third-order valence-corrected chi connectivity index (χ3v) is 3.00. The van der Waals surface area contributed by atoms with Gasteiger partial charge in [-0.25, -0.2) is 0 Å². The molecule has 1 rings (SSSR count). The highest BCUT2D eigenvalue weighted by atomic mass is 16.5. The van der Waals surface area contributed by atoms with Crippen molar-refractivity contribution in [3.05, 3.63) is 29.8 Å². The number of benzene rings is 1. The van der Waals surface area contributed by atoms with Crippen LogP contribution in [0.4, 0.5) is 0 Å². The van der Waals surface area contributed by atoms with E-state index in [0.717, 1.165) is 24.3 Å². The van der Waals surface area contributed by atoms with Crippen LogP contribution in [0.2, 0.25) is 0 Å². The first-order chi connectivity index (χ1) is 9.69. The number of carbonyl (C=O) groups excluding carboxylic acids is 1. The van der Waals surface area contributed by atoms with E-state index in [-0.39, 0.29) is 18.6 Å². The molecule has 0 aromatic heterocycles. The maximum Gasteiger partial charge on any atom is 0.234 e. The van der Waals surface area contributed by atoms with Gasteiger partial charge in [0.25, 0.3) is 0 Å². The highest BCUT2D eigenvalue weighted by Gasteiger charge is 2.14. The van der Waals surface area contributed by atoms with Crippen molar-refractivity contribution >= 4 is 5.91 Å². The van der Waals surface area contributed by atoms with Crippen molar-refractivity contribution in [1.82, 2.24) is 5.32 Å². The molecule has 112 valence electrons. The van der Waals surface area contributed by atoms with Crippen molar-refractivity contribution in [3.8, 4) is 5.75 Å². The summed E-state index contributed by atoms with van der Waals surface area (Å²) in [5, 5.41) is 12.1. The highest BCUT2D eigenvalue weighted by Crippen LogP contribution is 2.18. The Hall–Kier alpha value is -1.59. The fourth-order valence-corrected chi connectivity index (χ4v) is 1.92. The summed E-state index contributed by atoms with van der Waals surface area (Å²) in [5.74, 6) is 0.394. The number of aliphatic hydroxyl groups excluding tert-OH is 1. The first-order valence-corrected chi connectivity index (χ1v) is 7.03. The number of primary amides is 1. The highest BCUT2D eigenvalue weighted by molar-refractivity contribution is 5.79. The zero-order valence-electron chi connectivity index (χ0n) is 12.0. The fourth-order valence-electron chi connectivity index (χ4n) is 1.92. The van der Waals surface area contributed by atoms with E-state index in [1.54, 1.807) is 0 Å². The molecule has 1 aromatic rings. The Bertz CT molecular complexity index is 410. The molecule has 0 saturated carbocycles. The van der Waals surface area contributed by atoms with Gasteiger partial charge in [0.15, 0.2) is 0 Å². The lowest BCUT2D eigenvalue weighted by Gasteiger charge is -2.16. The van der Waals surface area contributed by atoms with Crippen LogP contribution in [0.3, 0.4) is 0 Å². The molecule has 0 aliphatic rings. The van der Waals surface area contributed by atoms with E-state index in [0.29, 0.717) is 19.4 Å². The molecule has 20 heavy (non-hydrogen) atoms. The third kappa shape index (κ3) is 5.59. The molecule has 5 heteroatoms. The summed E-state index contributed by atoms with van der Waals surface area (Å²) in [6.07, 6.45) is 2.04. The topological polar surface area (TPSA) is 84.6 Å². The average Bonchev–Trinajstić information content (AvgIpc) is 2.44. The van der Waals surface area contributed by atoms with Crippen molar-refractivity contribution < 1.29 is 14.6 Å². The first-order valence-electron chi connectivity index (χ1n) is 7.03. The fraction of sp³-hybridized carbons (Fsp3) is 0.533. The quantitative estimate of drug-likeness (QED) is 0.593. The molecule has 1 amide bonds. The normalized spacial score (nSPS) is 12.1. The van der Waals surface area contributed by atoms with Crippen LogP contribution in [0.1, 0.15) is 25.3 Å². The average molecular weight is 280 g/mol. The Morgan fingerprint density at radius 2 is 2.20 bits per heavy atom. The van der Waals surface area contributed by atoms with Crippen molar-refractivity contribution in [2.24, 2.45) is 5.73 Å². The van der Waals surface area contributed by atoms with Gasteiger partial charge in [-0.05, 0) is 31.0 Å². The number of rotatable bonds is 10. The Labute approximate surface area is 120 Å². The standard InChI is InChI=1S/C15H24N2O3/c1-2-9-17-13(15(16)19)8-11-20-14-6-4-3-5-12(14)7-10-18/h3-6,13,17-18H,2,7-11H2,1H3,(H2,16,19). The van der Waals surface area contributed by atoms with Gasteiger partial charge in [0.1, 0.15) is 5.75 Å². The van der Waals surface area contributed by atoms with Gasteiger partial charge in [-0.2, -0.15) is 0 Å². The van der Waals surface area contributed by atoms with Gasteiger partial charge < -0.3 is 20.9 Å². The monoisotopic (exact) mass is 280 g/mol. The summed E-state index contributed by atoms with van der Waals surface area (Å²) >= 11 is 0. The molecule has 5 nitrogen and oxygen atoms in total. The van der Waals surface area contributed by atoms with Crippen LogP contribution >= 0.6 is 0 Å². The van der Waals surface area contributed by atoms with Crippen molar-refractivity contribution in [3.63, 3.8) is 0 Å². The van der Waals surface area contributed by atoms with E-state index in [1.807, 2.05) is 31.2 Å². The molecule has 1 atom stereocenters. The van der Waals surface area contributed by atoms with E-state index >= 15 is 0 Å². The van der Waals surface area contributed by atoms with Crippen LogP contribution < -0.4 is 15.8 Å². The van der Waals surface area contributed by atoms with Gasteiger partial charge in [0.2, 0.25) is 5.91 Å². The van der Waals surface area contributed by atoms with Crippen LogP contribution in [-0.2, 0) is 11.2 Å². The molecule has 0 spiro atoms. The Kier molecular flexibility index (Phi) is 7.69. The summed E-state index contributed by atoms with van der Waals surface area (Å²) in [7, 11) is 0. The maximum atomic E-state index is 11.3. The molecule has 0 saturated heterocycles. The number of nitrogens with two attached hydrogens (primary N) is 1. The van der Waals surface area contributed by atoms with E-state index in [4.69, 9.17) is 15.6 Å². The number of aliphatic hydroxyl groups is 1. The minimum Gasteiger partial charge on any atom is -0.493 e. The second-order valence-electron chi connectivity index (χ2n) is 4.63. The zero-order chi connectivity index (χ0) is 14.8. The number of nitrogens with one attached hydrogen (secondary N) is 1. The lowest BCUT2D eigenvalue weighted by Crippen LogP contribution is -2.42. The van der Waals surface area contributed by atoms with Gasteiger partial charge in [-0.15, -0.1) is 0 Å². The van der Waals surface area contributed by atoms with Crippen LogP contribution in [0.15, 0.2) is 24.3 Å². The second-order valence-corrected chi connectivity index (χ2v) is 4.63. The molecule has 0 bridgehead atoms. The number of amides is 1. The van der Waals surface area contributed by atoms with E-state index < -0.39 is 0 Å². The number of hydrogen-bond donors (Lipinski definition) is 3. The van der Waals surface area contributed by atoms with E-state index in [9.17, 15) is 4.79 Å². The lowest BCUT2D eigenvalue weighted by molar-refractivity contribution is -0.120. The molecule has 1 aromatic carbocycles. The minimum absolute atomic E-state index is 0.0857. The van der Waals surface area contributed by atoms with Gasteiger partial charge in [-0.1, -0.05) is 25.1 Å². The first kappa shape index (κ1) is 16.5. The molecule has 0 aliphatic carbocycles. The number of ether oxygens (including phenoxy) is 1. The number of hydrogen-bond acceptors (Lipinski definition) is 4. The van der Waals surface area contributed by atoms with Gasteiger partial charge in [0, 0.05) is 13.0 Å².